The van der Waals surface area contributed by atoms with Crippen molar-refractivity contribution in [1.82, 2.24) is 5.32 Å². The first kappa shape index (κ1) is 16.1. The number of hydrogen-bond acceptors (Lipinski definition) is 2. The molecule has 0 radical (unpaired) electrons. The number of rotatable bonds is 3. The first-order valence-electron chi connectivity index (χ1n) is 7.43. The minimum absolute atomic E-state index is 0.248. The third-order valence-corrected chi connectivity index (χ3v) is 4.42. The summed E-state index contributed by atoms with van der Waals surface area (Å²) < 4.78 is 40.3. The van der Waals surface area contributed by atoms with Gasteiger partial charge in [-0.15, -0.1) is 0 Å². The number of nitrogens with zero attached hydrogens (tertiary/aromatic N) is 1. The van der Waals surface area contributed by atoms with Gasteiger partial charge in [0, 0.05) is 31.9 Å². The molecule has 1 aliphatic rings. The molecule has 21 heavy (non-hydrogen) atoms. The zero-order valence-corrected chi connectivity index (χ0v) is 12.8. The van der Waals surface area contributed by atoms with Crippen molar-refractivity contribution < 1.29 is 13.2 Å². The molecule has 2 nitrogen and oxygen atoms in total. The smallest absolute Gasteiger partial charge is 0.368 e. The van der Waals surface area contributed by atoms with Gasteiger partial charge in [-0.25, -0.2) is 0 Å². The Hall–Kier alpha value is -1.23. The summed E-state index contributed by atoms with van der Waals surface area (Å²) in [7, 11) is 0. The summed E-state index contributed by atoms with van der Waals surface area (Å²) in [5.74, 6) is 0. The number of nitrogens with one attached hydrogen (secondary N) is 1. The monoisotopic (exact) mass is 300 g/mol. The number of halogens is 3. The molecule has 1 aromatic rings. The molecule has 1 fully saturated rings. The SMILES string of the molecule is CCC(C)(C)c1ccc(N2CCNCC2)c(C(F)(F)F)c1. The van der Waals surface area contributed by atoms with Gasteiger partial charge in [0.25, 0.3) is 0 Å². The normalized spacial score (nSPS) is 17.1. The van der Waals surface area contributed by atoms with Crippen LogP contribution in [0.3, 0.4) is 0 Å². The fourth-order valence-electron chi connectivity index (χ4n) is 2.57. The van der Waals surface area contributed by atoms with Crippen molar-refractivity contribution >= 4 is 5.69 Å². The van der Waals surface area contributed by atoms with Crippen molar-refractivity contribution in [3.8, 4) is 0 Å². The molecule has 0 bridgehead atoms. The van der Waals surface area contributed by atoms with Gasteiger partial charge in [0.2, 0.25) is 0 Å². The highest BCUT2D eigenvalue weighted by molar-refractivity contribution is 5.57. The van der Waals surface area contributed by atoms with Crippen LogP contribution in [0.25, 0.3) is 0 Å². The van der Waals surface area contributed by atoms with E-state index in [1.165, 1.54) is 6.07 Å². The molecule has 0 atom stereocenters. The topological polar surface area (TPSA) is 15.3 Å². The second-order valence-electron chi connectivity index (χ2n) is 6.20. The van der Waals surface area contributed by atoms with E-state index in [4.69, 9.17) is 0 Å². The van der Waals surface area contributed by atoms with E-state index in [1.54, 1.807) is 6.07 Å². The lowest BCUT2D eigenvalue weighted by atomic mass is 9.81. The van der Waals surface area contributed by atoms with Crippen molar-refractivity contribution in [2.45, 2.75) is 38.8 Å². The predicted octanol–water partition coefficient (Wildman–Crippen LogP) is 3.80. The highest BCUT2D eigenvalue weighted by Gasteiger charge is 2.36. The predicted molar refractivity (Wildman–Crippen MR) is 79.8 cm³/mol. The number of alkyl halides is 3. The molecular formula is C16H23F3N2. The third kappa shape index (κ3) is 3.51. The van der Waals surface area contributed by atoms with E-state index < -0.39 is 11.7 Å². The summed E-state index contributed by atoms with van der Waals surface area (Å²) in [6.45, 7) is 8.62. The average Bonchev–Trinajstić information content (AvgIpc) is 2.46. The van der Waals surface area contributed by atoms with Crippen LogP contribution in [0.2, 0.25) is 0 Å². The Kier molecular flexibility index (Phi) is 4.51. The second-order valence-corrected chi connectivity index (χ2v) is 6.20. The Balaban J connectivity index is 2.46. The summed E-state index contributed by atoms with van der Waals surface area (Å²) in [4.78, 5) is 1.82. The zero-order valence-electron chi connectivity index (χ0n) is 12.8. The largest absolute Gasteiger partial charge is 0.418 e. The summed E-state index contributed by atoms with van der Waals surface area (Å²) >= 11 is 0. The Bertz CT molecular complexity index is 489. The fourth-order valence-corrected chi connectivity index (χ4v) is 2.57. The maximum absolute atomic E-state index is 13.4. The molecule has 118 valence electrons. The van der Waals surface area contributed by atoms with Gasteiger partial charge in [0.15, 0.2) is 0 Å². The van der Waals surface area contributed by atoms with E-state index in [1.807, 2.05) is 31.7 Å². The van der Waals surface area contributed by atoms with Gasteiger partial charge in [-0.2, -0.15) is 13.2 Å². The minimum atomic E-state index is -4.32. The van der Waals surface area contributed by atoms with Crippen LogP contribution in [0.1, 0.15) is 38.3 Å². The van der Waals surface area contributed by atoms with E-state index >= 15 is 0 Å². The Morgan fingerprint density at radius 1 is 1.14 bits per heavy atom. The van der Waals surface area contributed by atoms with Gasteiger partial charge in [-0.05, 0) is 29.5 Å². The third-order valence-electron chi connectivity index (χ3n) is 4.42. The molecular weight excluding hydrogens is 277 g/mol. The maximum atomic E-state index is 13.4. The lowest BCUT2D eigenvalue weighted by Gasteiger charge is -2.33. The number of anilines is 1. The molecule has 0 amide bonds. The first-order valence-corrected chi connectivity index (χ1v) is 7.43. The van der Waals surface area contributed by atoms with E-state index in [-0.39, 0.29) is 5.41 Å². The van der Waals surface area contributed by atoms with Crippen molar-refractivity contribution in [3.05, 3.63) is 29.3 Å². The van der Waals surface area contributed by atoms with Crippen LogP contribution in [-0.2, 0) is 11.6 Å². The van der Waals surface area contributed by atoms with Gasteiger partial charge < -0.3 is 10.2 Å². The number of piperazine rings is 1. The highest BCUT2D eigenvalue weighted by Crippen LogP contribution is 2.40. The fraction of sp³-hybridized carbons (Fsp3) is 0.625. The summed E-state index contributed by atoms with van der Waals surface area (Å²) in [6, 6.07) is 4.82. The van der Waals surface area contributed by atoms with Gasteiger partial charge >= 0.3 is 6.18 Å². The van der Waals surface area contributed by atoms with Crippen LogP contribution in [-0.4, -0.2) is 26.2 Å². The molecule has 0 unspecified atom stereocenters. The molecule has 5 heteroatoms. The van der Waals surface area contributed by atoms with E-state index in [0.29, 0.717) is 18.8 Å². The van der Waals surface area contributed by atoms with Gasteiger partial charge in [-0.3, -0.25) is 0 Å². The molecule has 1 N–H and O–H groups in total. The van der Waals surface area contributed by atoms with Crippen LogP contribution in [0.5, 0.6) is 0 Å². The molecule has 0 saturated carbocycles. The van der Waals surface area contributed by atoms with Crippen LogP contribution in [0.4, 0.5) is 18.9 Å². The molecule has 1 aliphatic heterocycles. The molecule has 0 aliphatic carbocycles. The van der Waals surface area contributed by atoms with Crippen LogP contribution in [0.15, 0.2) is 18.2 Å². The molecule has 1 heterocycles. The Morgan fingerprint density at radius 3 is 2.29 bits per heavy atom. The lowest BCUT2D eigenvalue weighted by molar-refractivity contribution is -0.137. The maximum Gasteiger partial charge on any atom is 0.418 e. The van der Waals surface area contributed by atoms with Crippen LogP contribution < -0.4 is 10.2 Å². The van der Waals surface area contributed by atoms with Crippen molar-refractivity contribution in [2.75, 3.05) is 31.1 Å². The van der Waals surface area contributed by atoms with Crippen LogP contribution in [0, 0.1) is 0 Å². The highest BCUT2D eigenvalue weighted by atomic mass is 19.4. The van der Waals surface area contributed by atoms with E-state index in [9.17, 15) is 13.2 Å². The average molecular weight is 300 g/mol. The van der Waals surface area contributed by atoms with E-state index in [2.05, 4.69) is 5.32 Å². The number of hydrogen-bond donors (Lipinski definition) is 1. The standard InChI is InChI=1S/C16H23F3N2/c1-4-15(2,3)12-5-6-14(13(11-12)16(17,18)19)21-9-7-20-8-10-21/h5-6,11,20H,4,7-10H2,1-3H3. The number of benzene rings is 1. The molecule has 0 aromatic heterocycles. The summed E-state index contributed by atoms with van der Waals surface area (Å²) in [5.41, 5.74) is 0.293. The summed E-state index contributed by atoms with van der Waals surface area (Å²) in [5, 5.41) is 3.16. The van der Waals surface area contributed by atoms with Crippen molar-refractivity contribution in [3.63, 3.8) is 0 Å². The van der Waals surface area contributed by atoms with Crippen molar-refractivity contribution in [1.29, 1.82) is 0 Å². The molecule has 1 saturated heterocycles. The molecule has 0 spiro atoms. The van der Waals surface area contributed by atoms with Crippen molar-refractivity contribution in [2.24, 2.45) is 0 Å². The second kappa shape index (κ2) is 5.87. The Morgan fingerprint density at radius 2 is 1.76 bits per heavy atom. The van der Waals surface area contributed by atoms with Crippen LogP contribution >= 0.6 is 0 Å². The minimum Gasteiger partial charge on any atom is -0.368 e. The molecule has 1 aromatic carbocycles. The summed E-state index contributed by atoms with van der Waals surface area (Å²) in [6.07, 6.45) is -3.52. The van der Waals surface area contributed by atoms with Gasteiger partial charge in [-0.1, -0.05) is 26.8 Å². The quantitative estimate of drug-likeness (QED) is 0.913. The van der Waals surface area contributed by atoms with Gasteiger partial charge in [0.05, 0.1) is 5.56 Å². The lowest BCUT2D eigenvalue weighted by Crippen LogP contribution is -2.44. The van der Waals surface area contributed by atoms with E-state index in [0.717, 1.165) is 25.1 Å². The molecule has 2 rings (SSSR count). The first-order chi connectivity index (χ1) is 9.75. The zero-order chi connectivity index (χ0) is 15.7. The van der Waals surface area contributed by atoms with Gasteiger partial charge in [0.1, 0.15) is 0 Å². The Labute approximate surface area is 124 Å².